The van der Waals surface area contributed by atoms with Gasteiger partial charge in [0.25, 0.3) is 0 Å². The highest BCUT2D eigenvalue weighted by Crippen LogP contribution is 2.28. The molecule has 2 aromatic heterocycles. The highest BCUT2D eigenvalue weighted by Gasteiger charge is 2.24. The number of aryl methyl sites for hydroxylation is 1. The van der Waals surface area contributed by atoms with Crippen molar-refractivity contribution in [3.8, 4) is 11.4 Å². The van der Waals surface area contributed by atoms with Crippen LogP contribution in [0.25, 0.3) is 11.4 Å². The quantitative estimate of drug-likeness (QED) is 0.352. The van der Waals surface area contributed by atoms with Crippen molar-refractivity contribution < 1.29 is 4.79 Å². The number of carbonyl (C=O) groups is 1. The van der Waals surface area contributed by atoms with Crippen molar-refractivity contribution in [1.29, 1.82) is 0 Å². The van der Waals surface area contributed by atoms with Gasteiger partial charge in [-0.3, -0.25) is 4.79 Å². The van der Waals surface area contributed by atoms with Gasteiger partial charge in [-0.15, -0.1) is 5.10 Å². The highest BCUT2D eigenvalue weighted by atomic mass is 32.2. The van der Waals surface area contributed by atoms with E-state index in [1.54, 1.807) is 4.68 Å². The molecule has 4 rings (SSSR count). The van der Waals surface area contributed by atoms with Crippen molar-refractivity contribution in [3.63, 3.8) is 0 Å². The van der Waals surface area contributed by atoms with Crippen molar-refractivity contribution in [3.05, 3.63) is 83.7 Å². The van der Waals surface area contributed by atoms with Gasteiger partial charge in [0.2, 0.25) is 5.16 Å². The molecular weight excluding hydrogens is 382 g/mol. The SMILES string of the molecule is Cc1cc(C(=O)[C@H](C)Sc2nnnn2-c2ccccc2)c(C)n1-c1ccccc1. The Kier molecular flexibility index (Phi) is 5.31. The van der Waals surface area contributed by atoms with Gasteiger partial charge in [-0.25, -0.2) is 0 Å². The number of benzene rings is 2. The summed E-state index contributed by atoms with van der Waals surface area (Å²) >= 11 is 1.36. The first-order chi connectivity index (χ1) is 14.1. The summed E-state index contributed by atoms with van der Waals surface area (Å²) in [5.41, 5.74) is 4.61. The Morgan fingerprint density at radius 3 is 2.24 bits per heavy atom. The standard InChI is InChI=1S/C22H21N5OS/c1-15-14-20(16(2)26(15)18-10-6-4-7-11-18)21(28)17(3)29-22-23-24-25-27(22)19-12-8-5-9-13-19/h4-14,17H,1-3H3/t17-/m0/s1. The van der Waals surface area contributed by atoms with E-state index < -0.39 is 0 Å². The van der Waals surface area contributed by atoms with Gasteiger partial charge in [0.15, 0.2) is 5.78 Å². The molecule has 7 heteroatoms. The molecule has 0 radical (unpaired) electrons. The van der Waals surface area contributed by atoms with E-state index in [2.05, 4.69) is 20.1 Å². The van der Waals surface area contributed by atoms with Gasteiger partial charge in [0, 0.05) is 22.6 Å². The molecule has 0 N–H and O–H groups in total. The minimum Gasteiger partial charge on any atom is -0.318 e. The topological polar surface area (TPSA) is 65.6 Å². The van der Waals surface area contributed by atoms with E-state index in [0.29, 0.717) is 5.16 Å². The summed E-state index contributed by atoms with van der Waals surface area (Å²) in [5.74, 6) is 0.0629. The fourth-order valence-electron chi connectivity index (χ4n) is 3.40. The summed E-state index contributed by atoms with van der Waals surface area (Å²) in [6.07, 6.45) is 0. The van der Waals surface area contributed by atoms with E-state index in [-0.39, 0.29) is 11.0 Å². The Balaban J connectivity index is 1.60. The normalized spacial score (nSPS) is 12.1. The summed E-state index contributed by atoms with van der Waals surface area (Å²) in [7, 11) is 0. The van der Waals surface area contributed by atoms with Gasteiger partial charge in [-0.05, 0) is 61.5 Å². The molecule has 29 heavy (non-hydrogen) atoms. The maximum Gasteiger partial charge on any atom is 0.214 e. The Labute approximate surface area is 173 Å². The zero-order valence-corrected chi connectivity index (χ0v) is 17.3. The summed E-state index contributed by atoms with van der Waals surface area (Å²) in [4.78, 5) is 13.2. The Hall–Kier alpha value is -3.19. The molecule has 4 aromatic rings. The number of hydrogen-bond donors (Lipinski definition) is 0. The van der Waals surface area contributed by atoms with Crippen LogP contribution in [-0.2, 0) is 0 Å². The molecule has 0 fully saturated rings. The lowest BCUT2D eigenvalue weighted by molar-refractivity contribution is 0.0993. The Bertz CT molecular complexity index is 1130. The lowest BCUT2D eigenvalue weighted by Gasteiger charge is -2.12. The largest absolute Gasteiger partial charge is 0.318 e. The molecule has 2 aromatic carbocycles. The minimum atomic E-state index is -0.326. The van der Waals surface area contributed by atoms with Gasteiger partial charge in [0.1, 0.15) is 0 Å². The first kappa shape index (κ1) is 19.1. The van der Waals surface area contributed by atoms with Gasteiger partial charge in [-0.1, -0.05) is 48.2 Å². The summed E-state index contributed by atoms with van der Waals surface area (Å²) < 4.78 is 3.76. The van der Waals surface area contributed by atoms with Gasteiger partial charge in [-0.2, -0.15) is 4.68 Å². The molecule has 0 spiro atoms. The molecule has 0 amide bonds. The molecule has 0 aliphatic carbocycles. The minimum absolute atomic E-state index is 0.0629. The molecule has 0 aliphatic rings. The number of nitrogens with zero attached hydrogens (tertiary/aromatic N) is 5. The second-order valence-corrected chi connectivity index (χ2v) is 8.10. The number of hydrogen-bond acceptors (Lipinski definition) is 5. The summed E-state index contributed by atoms with van der Waals surface area (Å²) in [6.45, 7) is 5.90. The van der Waals surface area contributed by atoms with Crippen LogP contribution < -0.4 is 0 Å². The van der Waals surface area contributed by atoms with Crippen LogP contribution in [0, 0.1) is 13.8 Å². The number of ketones is 1. The van der Waals surface area contributed by atoms with E-state index in [9.17, 15) is 4.79 Å². The molecular formula is C22H21N5OS. The smallest absolute Gasteiger partial charge is 0.214 e. The van der Waals surface area contributed by atoms with Crippen LogP contribution in [0.15, 0.2) is 71.9 Å². The summed E-state index contributed by atoms with van der Waals surface area (Å²) in [5, 5.41) is 12.2. The van der Waals surface area contributed by atoms with Crippen LogP contribution in [0.4, 0.5) is 0 Å². The van der Waals surface area contributed by atoms with E-state index >= 15 is 0 Å². The fourth-order valence-corrected chi connectivity index (χ4v) is 4.28. The predicted molar refractivity (Wildman–Crippen MR) is 114 cm³/mol. The number of tetrazole rings is 1. The molecule has 0 saturated carbocycles. The number of aromatic nitrogens is 5. The molecule has 6 nitrogen and oxygen atoms in total. The summed E-state index contributed by atoms with van der Waals surface area (Å²) in [6, 6.07) is 21.7. The number of para-hydroxylation sites is 2. The fraction of sp³-hybridized carbons (Fsp3) is 0.182. The third-order valence-corrected chi connectivity index (χ3v) is 5.84. The molecule has 0 saturated heterocycles. The van der Waals surface area contributed by atoms with Gasteiger partial charge in [0.05, 0.1) is 10.9 Å². The van der Waals surface area contributed by atoms with Crippen molar-refractivity contribution >= 4 is 17.5 Å². The molecule has 0 aliphatic heterocycles. The highest BCUT2D eigenvalue weighted by molar-refractivity contribution is 8.00. The predicted octanol–water partition coefficient (Wildman–Crippen LogP) is 4.43. The molecule has 0 unspecified atom stereocenters. The van der Waals surface area contributed by atoms with Crippen molar-refractivity contribution in [2.24, 2.45) is 0 Å². The first-order valence-corrected chi connectivity index (χ1v) is 10.2. The monoisotopic (exact) mass is 403 g/mol. The zero-order chi connectivity index (χ0) is 20.4. The average molecular weight is 404 g/mol. The second kappa shape index (κ2) is 8.05. The van der Waals surface area contributed by atoms with Crippen LogP contribution in [0.3, 0.4) is 0 Å². The van der Waals surface area contributed by atoms with Gasteiger partial charge < -0.3 is 4.57 Å². The average Bonchev–Trinajstić information content (AvgIpc) is 3.32. The van der Waals surface area contributed by atoms with Crippen LogP contribution in [-0.4, -0.2) is 35.8 Å². The molecule has 2 heterocycles. The number of rotatable bonds is 6. The molecule has 0 bridgehead atoms. The van der Waals surface area contributed by atoms with Crippen molar-refractivity contribution in [1.82, 2.24) is 24.8 Å². The van der Waals surface area contributed by atoms with Crippen LogP contribution in [0.2, 0.25) is 0 Å². The lowest BCUT2D eigenvalue weighted by Crippen LogP contribution is -2.15. The lowest BCUT2D eigenvalue weighted by atomic mass is 10.1. The van der Waals surface area contributed by atoms with Crippen molar-refractivity contribution in [2.75, 3.05) is 0 Å². The van der Waals surface area contributed by atoms with Gasteiger partial charge >= 0.3 is 0 Å². The Morgan fingerprint density at radius 1 is 0.966 bits per heavy atom. The van der Waals surface area contributed by atoms with Crippen LogP contribution >= 0.6 is 11.8 Å². The number of Topliss-reactive ketones (excluding diaryl/α,β-unsaturated/α-hetero) is 1. The van der Waals surface area contributed by atoms with E-state index in [0.717, 1.165) is 28.3 Å². The second-order valence-electron chi connectivity index (χ2n) is 6.79. The van der Waals surface area contributed by atoms with E-state index in [1.165, 1.54) is 11.8 Å². The van der Waals surface area contributed by atoms with E-state index in [4.69, 9.17) is 0 Å². The third kappa shape index (κ3) is 3.73. The number of thioether (sulfide) groups is 1. The van der Waals surface area contributed by atoms with Crippen LogP contribution in [0.1, 0.15) is 28.7 Å². The maximum atomic E-state index is 13.2. The van der Waals surface area contributed by atoms with E-state index in [1.807, 2.05) is 87.5 Å². The molecule has 1 atom stereocenters. The first-order valence-electron chi connectivity index (χ1n) is 9.35. The van der Waals surface area contributed by atoms with Crippen LogP contribution in [0.5, 0.6) is 0 Å². The Morgan fingerprint density at radius 2 is 1.59 bits per heavy atom. The maximum absolute atomic E-state index is 13.2. The van der Waals surface area contributed by atoms with Crippen molar-refractivity contribution in [2.45, 2.75) is 31.2 Å². The zero-order valence-electron chi connectivity index (χ0n) is 16.5. The number of carbonyl (C=O) groups excluding carboxylic acids is 1. The third-order valence-electron chi connectivity index (χ3n) is 4.80. The molecule has 146 valence electrons.